The molecule has 0 spiro atoms. The summed E-state index contributed by atoms with van der Waals surface area (Å²) in [7, 11) is 1.53. The van der Waals surface area contributed by atoms with Crippen LogP contribution in [0.3, 0.4) is 0 Å². The molecule has 0 saturated carbocycles. The molecule has 10 heteroatoms. The van der Waals surface area contributed by atoms with E-state index in [1.807, 2.05) is 79.7 Å². The lowest BCUT2D eigenvalue weighted by atomic mass is 9.79. The number of ether oxygens (including phenoxy) is 4. The third-order valence-electron chi connectivity index (χ3n) is 11.0. The molecule has 2 aliphatic rings. The van der Waals surface area contributed by atoms with Gasteiger partial charge in [0.1, 0.15) is 12.2 Å². The molecule has 2 aliphatic heterocycles. The first kappa shape index (κ1) is 44.0. The number of allylic oxidation sites excluding steroid dienone is 4. The van der Waals surface area contributed by atoms with Crippen LogP contribution in [0.15, 0.2) is 36.0 Å². The fraction of sp³-hybridized carbons (Fsp3) is 0.846. The maximum atomic E-state index is 11.5. The zero-order chi connectivity index (χ0) is 37.2. The van der Waals surface area contributed by atoms with Crippen molar-refractivity contribution in [3.63, 3.8) is 0 Å². The molecule has 0 aromatic carbocycles. The van der Waals surface area contributed by atoms with E-state index in [0.29, 0.717) is 19.3 Å². The van der Waals surface area contributed by atoms with Crippen LogP contribution in [0.25, 0.3) is 0 Å². The first-order valence-corrected chi connectivity index (χ1v) is 18.5. The van der Waals surface area contributed by atoms with Crippen molar-refractivity contribution in [2.24, 2.45) is 35.5 Å². The van der Waals surface area contributed by atoms with Crippen molar-refractivity contribution in [1.29, 1.82) is 0 Å². The predicted molar refractivity (Wildman–Crippen MR) is 192 cm³/mol. The third kappa shape index (κ3) is 12.2. The van der Waals surface area contributed by atoms with Gasteiger partial charge in [-0.05, 0) is 45.4 Å². The lowest BCUT2D eigenvalue weighted by Gasteiger charge is -2.45. The van der Waals surface area contributed by atoms with E-state index in [1.54, 1.807) is 19.9 Å². The molecule has 10 nitrogen and oxygen atoms in total. The van der Waals surface area contributed by atoms with Gasteiger partial charge in [0.15, 0.2) is 6.29 Å². The van der Waals surface area contributed by atoms with E-state index in [9.17, 15) is 30.6 Å². The Bertz CT molecular complexity index is 1020. The highest BCUT2D eigenvalue weighted by atomic mass is 16.7. The summed E-state index contributed by atoms with van der Waals surface area (Å²) in [4.78, 5) is 0. The molecule has 0 aromatic heterocycles. The minimum atomic E-state index is -0.998. The van der Waals surface area contributed by atoms with Gasteiger partial charge in [0.25, 0.3) is 0 Å². The Morgan fingerprint density at radius 3 is 2.12 bits per heavy atom. The Labute approximate surface area is 296 Å². The monoisotopic (exact) mass is 698 g/mol. The van der Waals surface area contributed by atoms with Crippen molar-refractivity contribution in [1.82, 2.24) is 0 Å². The van der Waals surface area contributed by atoms with Crippen LogP contribution in [0.2, 0.25) is 0 Å². The van der Waals surface area contributed by atoms with Gasteiger partial charge in [0.05, 0.1) is 54.9 Å². The van der Waals surface area contributed by atoms with Crippen molar-refractivity contribution in [3.8, 4) is 0 Å². The van der Waals surface area contributed by atoms with E-state index in [1.165, 1.54) is 7.11 Å². The van der Waals surface area contributed by atoms with Crippen molar-refractivity contribution >= 4 is 0 Å². The van der Waals surface area contributed by atoms with E-state index in [0.717, 1.165) is 5.57 Å². The Morgan fingerprint density at radius 1 is 0.918 bits per heavy atom. The molecule has 17 atom stereocenters. The van der Waals surface area contributed by atoms with Gasteiger partial charge in [-0.15, -0.1) is 0 Å². The van der Waals surface area contributed by atoms with E-state index >= 15 is 0 Å². The van der Waals surface area contributed by atoms with Crippen molar-refractivity contribution < 1.29 is 49.6 Å². The SMILES string of the molecule is C/C=C/[C@H]1O[C@@H]([C@@H](C)[C@H](O)[C@H](C)[C@@H](O)[C@H](/C=C/C=C(\C)C[C@@H](C)[C@H](O)[C@H](CC)[C@H](O)C(C)C)OC)C[C@@H](O[C@@H]2C[C@H](O)[C@@H](O)[C@H](C)O2)[C@@H]1C. The second kappa shape index (κ2) is 20.8. The Balaban J connectivity index is 2.07. The third-order valence-corrected chi connectivity index (χ3v) is 11.0. The number of aliphatic hydroxyl groups is 6. The molecule has 2 heterocycles. The summed E-state index contributed by atoms with van der Waals surface area (Å²) >= 11 is 0. The van der Waals surface area contributed by atoms with Crippen molar-refractivity contribution in [2.45, 2.75) is 168 Å². The summed E-state index contributed by atoms with van der Waals surface area (Å²) in [6, 6.07) is 0. The minimum absolute atomic E-state index is 0.0202. The normalized spacial score (nSPS) is 34.4. The first-order chi connectivity index (χ1) is 23.0. The van der Waals surface area contributed by atoms with Crippen LogP contribution in [0, 0.1) is 35.5 Å². The quantitative estimate of drug-likeness (QED) is 0.0887. The summed E-state index contributed by atoms with van der Waals surface area (Å²) in [5, 5.41) is 64.8. The smallest absolute Gasteiger partial charge is 0.161 e. The summed E-state index contributed by atoms with van der Waals surface area (Å²) in [6.45, 7) is 19.3. The second-order valence-electron chi connectivity index (χ2n) is 15.3. The second-order valence-corrected chi connectivity index (χ2v) is 15.3. The van der Waals surface area contributed by atoms with E-state index < -0.39 is 61.0 Å². The average molecular weight is 699 g/mol. The maximum Gasteiger partial charge on any atom is 0.161 e. The molecule has 0 bridgehead atoms. The van der Waals surface area contributed by atoms with Crippen LogP contribution in [0.1, 0.15) is 94.9 Å². The molecule has 0 aromatic rings. The van der Waals surface area contributed by atoms with Crippen molar-refractivity contribution in [3.05, 3.63) is 36.0 Å². The standard InChI is InChI=1S/C39H70O10/c1-12-15-30-24(7)32(49-34-19-29(40)39(45)27(10)47-34)20-33(48-30)25(8)37(43)26(9)38(44)31(46-11)17-14-16-22(5)18-23(6)36(42)28(13-2)35(41)21(3)4/h12,14-17,21,23-45H,13,18-20H2,1-11H3/b15-12+,17-14+,22-16+/t23-,24-,25-,26+,27+,28-,29+,30-,31+,32-,33-,34-,35-,36+,37+,38-,39+/m1/s1. The molecule has 6 N–H and O–H groups in total. The molecular weight excluding hydrogens is 628 g/mol. The Kier molecular flexibility index (Phi) is 18.6. The average Bonchev–Trinajstić information content (AvgIpc) is 3.06. The molecule has 49 heavy (non-hydrogen) atoms. The van der Waals surface area contributed by atoms with Crippen LogP contribution in [-0.4, -0.2) is 111 Å². The van der Waals surface area contributed by atoms with Crippen LogP contribution in [0.5, 0.6) is 0 Å². The van der Waals surface area contributed by atoms with Crippen molar-refractivity contribution in [2.75, 3.05) is 7.11 Å². The molecule has 0 unspecified atom stereocenters. The molecule has 286 valence electrons. The summed E-state index contributed by atoms with van der Waals surface area (Å²) in [5.74, 6) is -1.07. The molecule has 0 radical (unpaired) electrons. The van der Waals surface area contributed by atoms with Crippen LogP contribution in [0.4, 0.5) is 0 Å². The van der Waals surface area contributed by atoms with Gasteiger partial charge in [-0.3, -0.25) is 0 Å². The number of hydrogen-bond acceptors (Lipinski definition) is 10. The number of rotatable bonds is 18. The lowest BCUT2D eigenvalue weighted by Crippen LogP contribution is -2.53. The predicted octanol–water partition coefficient (Wildman–Crippen LogP) is 4.54. The highest BCUT2D eigenvalue weighted by Crippen LogP contribution is 2.37. The highest BCUT2D eigenvalue weighted by Gasteiger charge is 2.44. The van der Waals surface area contributed by atoms with Gasteiger partial charge in [-0.25, -0.2) is 0 Å². The number of methoxy groups -OCH3 is 1. The highest BCUT2D eigenvalue weighted by molar-refractivity contribution is 5.13. The zero-order valence-corrected chi connectivity index (χ0v) is 31.9. The van der Waals surface area contributed by atoms with Gasteiger partial charge < -0.3 is 49.6 Å². The summed E-state index contributed by atoms with van der Waals surface area (Å²) in [5.41, 5.74) is 1.05. The minimum Gasteiger partial charge on any atom is -0.392 e. The van der Waals surface area contributed by atoms with Crippen LogP contribution < -0.4 is 0 Å². The number of aliphatic hydroxyl groups excluding tert-OH is 6. The summed E-state index contributed by atoms with van der Waals surface area (Å²) < 4.78 is 24.3. The van der Waals surface area contributed by atoms with Gasteiger partial charge in [-0.2, -0.15) is 0 Å². The van der Waals surface area contributed by atoms with Crippen LogP contribution >= 0.6 is 0 Å². The summed E-state index contributed by atoms with van der Waals surface area (Å²) in [6.07, 6.45) is 3.69. The van der Waals surface area contributed by atoms with E-state index in [2.05, 4.69) is 0 Å². The zero-order valence-electron chi connectivity index (χ0n) is 31.9. The molecule has 2 saturated heterocycles. The fourth-order valence-electron chi connectivity index (χ4n) is 7.43. The van der Waals surface area contributed by atoms with Gasteiger partial charge in [-0.1, -0.05) is 84.4 Å². The van der Waals surface area contributed by atoms with Crippen LogP contribution in [-0.2, 0) is 18.9 Å². The topological polar surface area (TPSA) is 158 Å². The largest absolute Gasteiger partial charge is 0.392 e. The lowest BCUT2D eigenvalue weighted by molar-refractivity contribution is -0.280. The number of hydrogen-bond donors (Lipinski definition) is 6. The fourth-order valence-corrected chi connectivity index (χ4v) is 7.43. The first-order valence-electron chi connectivity index (χ1n) is 18.5. The van der Waals surface area contributed by atoms with E-state index in [4.69, 9.17) is 18.9 Å². The molecule has 2 rings (SSSR count). The molecule has 2 fully saturated rings. The molecule has 0 amide bonds. The molecular formula is C39H70O10. The Hall–Kier alpha value is -1.18. The maximum absolute atomic E-state index is 11.5. The van der Waals surface area contributed by atoms with Gasteiger partial charge in [0, 0.05) is 43.6 Å². The van der Waals surface area contributed by atoms with E-state index in [-0.39, 0.29) is 54.3 Å². The Morgan fingerprint density at radius 2 is 1.57 bits per heavy atom. The van der Waals surface area contributed by atoms with Gasteiger partial charge in [0.2, 0.25) is 0 Å². The van der Waals surface area contributed by atoms with Gasteiger partial charge >= 0.3 is 0 Å². The molecule has 0 aliphatic carbocycles.